The summed E-state index contributed by atoms with van der Waals surface area (Å²) in [5, 5.41) is 4.95. The first-order valence-corrected chi connectivity index (χ1v) is 5.67. The van der Waals surface area contributed by atoms with Crippen LogP contribution in [0.2, 0.25) is 0 Å². The summed E-state index contributed by atoms with van der Waals surface area (Å²) < 4.78 is 1.61. The third-order valence-corrected chi connectivity index (χ3v) is 3.42. The Morgan fingerprint density at radius 2 is 2.43 bits per heavy atom. The molecule has 0 N–H and O–H groups in total. The average Bonchev–Trinajstić information content (AvgIpc) is 2.49. The maximum Gasteiger partial charge on any atom is 0.272 e. The van der Waals surface area contributed by atoms with E-state index in [-0.39, 0.29) is 5.91 Å². The highest BCUT2D eigenvalue weighted by atomic mass is 79.9. The van der Waals surface area contributed by atoms with E-state index in [1.807, 2.05) is 4.90 Å². The van der Waals surface area contributed by atoms with E-state index in [0.717, 1.165) is 18.4 Å². The fourth-order valence-corrected chi connectivity index (χ4v) is 1.99. The summed E-state index contributed by atoms with van der Waals surface area (Å²) in [6.45, 7) is 1.71. The fraction of sp³-hybridized carbons (Fsp3) is 0.556. The first-order valence-electron chi connectivity index (χ1n) is 4.55. The molecule has 0 atom stereocenters. The van der Waals surface area contributed by atoms with Gasteiger partial charge in [-0.05, 0) is 6.07 Å². The first kappa shape index (κ1) is 9.71. The Labute approximate surface area is 91.0 Å². The minimum absolute atomic E-state index is 0.0854. The van der Waals surface area contributed by atoms with Crippen LogP contribution in [0.1, 0.15) is 10.5 Å². The number of likely N-dealkylation sites (tertiary alicyclic amines) is 1. The predicted molar refractivity (Wildman–Crippen MR) is 56.4 cm³/mol. The van der Waals surface area contributed by atoms with Crippen LogP contribution in [0.15, 0.2) is 12.3 Å². The Morgan fingerprint density at radius 1 is 1.71 bits per heavy atom. The van der Waals surface area contributed by atoms with Gasteiger partial charge in [0.1, 0.15) is 5.69 Å². The third kappa shape index (κ3) is 1.56. The average molecular weight is 258 g/mol. The van der Waals surface area contributed by atoms with E-state index in [1.54, 1.807) is 24.0 Å². The predicted octanol–water partition coefficient (Wildman–Crippen LogP) is 0.887. The highest BCUT2D eigenvalue weighted by Gasteiger charge is 2.31. The lowest BCUT2D eigenvalue weighted by Gasteiger charge is -2.38. The Balaban J connectivity index is 2.01. The Kier molecular flexibility index (Phi) is 2.58. The van der Waals surface area contributed by atoms with Crippen molar-refractivity contribution in [3.05, 3.63) is 18.0 Å². The number of hydrogen-bond acceptors (Lipinski definition) is 2. The number of carbonyl (C=O) groups excluding carboxylic acids is 1. The molecule has 1 aliphatic rings. The van der Waals surface area contributed by atoms with Crippen LogP contribution in [0, 0.1) is 5.92 Å². The van der Waals surface area contributed by atoms with E-state index < -0.39 is 0 Å². The summed E-state index contributed by atoms with van der Waals surface area (Å²) >= 11 is 3.41. The summed E-state index contributed by atoms with van der Waals surface area (Å²) in [5.74, 6) is 0.703. The number of nitrogens with zero attached hydrogens (tertiary/aromatic N) is 3. The van der Waals surface area contributed by atoms with Crippen LogP contribution in [0.25, 0.3) is 0 Å². The largest absolute Gasteiger partial charge is 0.337 e. The minimum atomic E-state index is 0.0854. The van der Waals surface area contributed by atoms with Gasteiger partial charge in [0.25, 0.3) is 5.91 Å². The van der Waals surface area contributed by atoms with Gasteiger partial charge < -0.3 is 4.90 Å². The molecule has 1 aromatic rings. The van der Waals surface area contributed by atoms with Crippen molar-refractivity contribution in [1.29, 1.82) is 0 Å². The van der Waals surface area contributed by atoms with Crippen LogP contribution in [0.3, 0.4) is 0 Å². The van der Waals surface area contributed by atoms with Crippen molar-refractivity contribution in [2.75, 3.05) is 18.4 Å². The molecule has 1 saturated heterocycles. The molecule has 4 nitrogen and oxygen atoms in total. The second-order valence-electron chi connectivity index (χ2n) is 3.57. The number of hydrogen-bond donors (Lipinski definition) is 0. The number of rotatable bonds is 2. The van der Waals surface area contributed by atoms with Crippen LogP contribution in [-0.2, 0) is 7.05 Å². The molecule has 0 saturated carbocycles. The maximum absolute atomic E-state index is 11.8. The van der Waals surface area contributed by atoms with Crippen molar-refractivity contribution >= 4 is 21.8 Å². The van der Waals surface area contributed by atoms with Gasteiger partial charge in [-0.15, -0.1) is 0 Å². The lowest BCUT2D eigenvalue weighted by atomic mass is 10.0. The number of aryl methyl sites for hydroxylation is 1. The van der Waals surface area contributed by atoms with E-state index in [0.29, 0.717) is 11.6 Å². The Hall–Kier alpha value is -0.840. The topological polar surface area (TPSA) is 38.1 Å². The third-order valence-electron chi connectivity index (χ3n) is 2.50. The van der Waals surface area contributed by atoms with Gasteiger partial charge in [0.15, 0.2) is 0 Å². The van der Waals surface area contributed by atoms with Crippen LogP contribution < -0.4 is 0 Å². The number of aromatic nitrogens is 2. The smallest absolute Gasteiger partial charge is 0.272 e. The molecule has 0 spiro atoms. The Morgan fingerprint density at radius 3 is 2.93 bits per heavy atom. The van der Waals surface area contributed by atoms with E-state index in [2.05, 4.69) is 21.0 Å². The van der Waals surface area contributed by atoms with Crippen LogP contribution in [0.4, 0.5) is 0 Å². The van der Waals surface area contributed by atoms with E-state index in [9.17, 15) is 4.79 Å². The maximum atomic E-state index is 11.8. The molecule has 0 unspecified atom stereocenters. The Bertz CT molecular complexity index is 344. The van der Waals surface area contributed by atoms with Crippen molar-refractivity contribution in [3.8, 4) is 0 Å². The fourth-order valence-electron chi connectivity index (χ4n) is 1.58. The molecule has 2 rings (SSSR count). The summed E-state index contributed by atoms with van der Waals surface area (Å²) in [6.07, 6.45) is 1.65. The quantitative estimate of drug-likeness (QED) is 0.739. The molecule has 1 amide bonds. The lowest BCUT2D eigenvalue weighted by molar-refractivity contribution is 0.0527. The van der Waals surface area contributed by atoms with Crippen LogP contribution >= 0.6 is 15.9 Å². The zero-order chi connectivity index (χ0) is 10.1. The van der Waals surface area contributed by atoms with E-state index in [1.165, 1.54) is 0 Å². The van der Waals surface area contributed by atoms with Gasteiger partial charge in [0.2, 0.25) is 0 Å². The lowest BCUT2D eigenvalue weighted by Crippen LogP contribution is -2.51. The second kappa shape index (κ2) is 3.73. The molecule has 0 bridgehead atoms. The molecule has 76 valence electrons. The van der Waals surface area contributed by atoms with E-state index in [4.69, 9.17) is 0 Å². The molecule has 1 fully saturated rings. The van der Waals surface area contributed by atoms with Gasteiger partial charge in [-0.2, -0.15) is 5.10 Å². The molecule has 2 heterocycles. The normalized spacial score (nSPS) is 16.9. The minimum Gasteiger partial charge on any atom is -0.337 e. The van der Waals surface area contributed by atoms with Gasteiger partial charge in [-0.1, -0.05) is 15.9 Å². The van der Waals surface area contributed by atoms with Gasteiger partial charge in [-0.3, -0.25) is 9.48 Å². The molecule has 1 aliphatic heterocycles. The summed E-state index contributed by atoms with van der Waals surface area (Å²) in [7, 11) is 1.79. The van der Waals surface area contributed by atoms with Crippen molar-refractivity contribution in [1.82, 2.24) is 14.7 Å². The molecular formula is C9H12BrN3O. The zero-order valence-electron chi connectivity index (χ0n) is 7.98. The highest BCUT2D eigenvalue weighted by molar-refractivity contribution is 9.09. The molecular weight excluding hydrogens is 246 g/mol. The number of halogens is 1. The van der Waals surface area contributed by atoms with Crippen molar-refractivity contribution < 1.29 is 4.79 Å². The zero-order valence-corrected chi connectivity index (χ0v) is 9.57. The van der Waals surface area contributed by atoms with Gasteiger partial charge in [0, 0.05) is 37.6 Å². The van der Waals surface area contributed by atoms with Gasteiger partial charge in [0.05, 0.1) is 0 Å². The summed E-state index contributed by atoms with van der Waals surface area (Å²) in [6, 6.07) is 1.75. The van der Waals surface area contributed by atoms with Crippen molar-refractivity contribution in [2.45, 2.75) is 0 Å². The van der Waals surface area contributed by atoms with Crippen molar-refractivity contribution in [2.24, 2.45) is 13.0 Å². The second-order valence-corrected chi connectivity index (χ2v) is 4.22. The molecule has 14 heavy (non-hydrogen) atoms. The van der Waals surface area contributed by atoms with Crippen molar-refractivity contribution in [3.63, 3.8) is 0 Å². The molecule has 0 aromatic carbocycles. The molecule has 1 aromatic heterocycles. The number of amides is 1. The SMILES string of the molecule is Cn1nccc1C(=O)N1CC(CBr)C1. The number of carbonyl (C=O) groups is 1. The monoisotopic (exact) mass is 257 g/mol. The van der Waals surface area contributed by atoms with Gasteiger partial charge in [-0.25, -0.2) is 0 Å². The summed E-state index contributed by atoms with van der Waals surface area (Å²) in [5.41, 5.74) is 0.665. The first-order chi connectivity index (χ1) is 6.72. The molecule has 0 aliphatic carbocycles. The molecule has 0 radical (unpaired) electrons. The number of alkyl halides is 1. The van der Waals surface area contributed by atoms with Crippen LogP contribution in [0.5, 0.6) is 0 Å². The summed E-state index contributed by atoms with van der Waals surface area (Å²) in [4.78, 5) is 13.7. The molecule has 5 heteroatoms. The highest BCUT2D eigenvalue weighted by Crippen LogP contribution is 2.19. The van der Waals surface area contributed by atoms with Gasteiger partial charge >= 0.3 is 0 Å². The van der Waals surface area contributed by atoms with Crippen LogP contribution in [-0.4, -0.2) is 39.0 Å². The van der Waals surface area contributed by atoms with E-state index >= 15 is 0 Å². The standard InChI is InChI=1S/C9H12BrN3O/c1-12-8(2-3-11-12)9(14)13-5-7(4-10)6-13/h2-3,7H,4-6H2,1H3.